The highest BCUT2D eigenvalue weighted by atomic mass is 19.4. The van der Waals surface area contributed by atoms with Gasteiger partial charge in [-0.2, -0.15) is 39.5 Å². The van der Waals surface area contributed by atoms with E-state index < -0.39 is 71.7 Å². The van der Waals surface area contributed by atoms with Crippen molar-refractivity contribution < 1.29 is 53.8 Å². The van der Waals surface area contributed by atoms with Crippen LogP contribution in [-0.4, -0.2) is 24.1 Å². The Labute approximate surface area is 230 Å². The second-order valence-corrected chi connectivity index (χ2v) is 10.5. The zero-order valence-electron chi connectivity index (χ0n) is 22.1. The van der Waals surface area contributed by atoms with Crippen molar-refractivity contribution in [3.8, 4) is 0 Å². The Morgan fingerprint density at radius 2 is 1.41 bits per heavy atom. The van der Waals surface area contributed by atoms with Gasteiger partial charge in [0, 0.05) is 13.7 Å². The topological polar surface area (TPSA) is 38.8 Å². The number of alkyl halides is 9. The third-order valence-electron chi connectivity index (χ3n) is 7.78. The van der Waals surface area contributed by atoms with Gasteiger partial charge in [0.15, 0.2) is 0 Å². The Bertz CT molecular complexity index is 1220. The summed E-state index contributed by atoms with van der Waals surface area (Å²) in [6.07, 6.45) is -13.6. The molecular formula is C28H28F9NO3. The number of ether oxygens (including phenoxy) is 2. The fraction of sp³-hybridized carbons (Fsp3) is 0.536. The van der Waals surface area contributed by atoms with Crippen molar-refractivity contribution >= 4 is 6.09 Å². The van der Waals surface area contributed by atoms with Gasteiger partial charge < -0.3 is 9.47 Å². The summed E-state index contributed by atoms with van der Waals surface area (Å²) in [7, 11) is 1.44. The van der Waals surface area contributed by atoms with Crippen LogP contribution in [0.4, 0.5) is 44.3 Å². The molecule has 2 aliphatic rings. The summed E-state index contributed by atoms with van der Waals surface area (Å²) in [6.45, 7) is 0.929. The lowest BCUT2D eigenvalue weighted by Gasteiger charge is -2.32. The molecule has 1 saturated carbocycles. The second-order valence-electron chi connectivity index (χ2n) is 10.5. The first kappa shape index (κ1) is 31.0. The molecule has 1 aliphatic heterocycles. The average Bonchev–Trinajstić information content (AvgIpc) is 3.17. The lowest BCUT2D eigenvalue weighted by molar-refractivity contribution is -0.143. The van der Waals surface area contributed by atoms with Crippen molar-refractivity contribution in [1.82, 2.24) is 4.90 Å². The zero-order valence-corrected chi connectivity index (χ0v) is 22.1. The fourth-order valence-corrected chi connectivity index (χ4v) is 5.69. The lowest BCUT2D eigenvalue weighted by Crippen LogP contribution is -2.32. The van der Waals surface area contributed by atoms with Crippen molar-refractivity contribution in [1.29, 1.82) is 0 Å². The van der Waals surface area contributed by atoms with Crippen molar-refractivity contribution in [2.24, 2.45) is 5.92 Å². The van der Waals surface area contributed by atoms with Gasteiger partial charge in [0.05, 0.1) is 28.8 Å². The molecule has 0 radical (unpaired) electrons. The highest BCUT2D eigenvalue weighted by molar-refractivity contribution is 5.71. The molecule has 3 unspecified atom stereocenters. The summed E-state index contributed by atoms with van der Waals surface area (Å²) in [5.41, 5.74) is -4.12. The van der Waals surface area contributed by atoms with E-state index in [1.54, 1.807) is 0 Å². The standard InChI is InChI=1S/C28H28F9NO3/c1-15-23(17-10-20(27(32,33)34)13-21(11-17)28(35,36)37)41-25(39)38(15)14-18-12-19(26(29,30)31)8-9-22(18)24(40-2)16-6-4-3-5-7-16/h8-13,15-16,23-24H,3-7,14H2,1-2H3. The van der Waals surface area contributed by atoms with Crippen LogP contribution >= 0.6 is 0 Å². The van der Waals surface area contributed by atoms with Crippen LogP contribution < -0.4 is 0 Å². The number of benzene rings is 2. The Balaban J connectivity index is 1.71. The van der Waals surface area contributed by atoms with Gasteiger partial charge in [0.1, 0.15) is 6.10 Å². The average molecular weight is 598 g/mol. The minimum atomic E-state index is -5.11. The Morgan fingerprint density at radius 3 is 1.93 bits per heavy atom. The quantitative estimate of drug-likeness (QED) is 0.312. The molecule has 1 heterocycles. The summed E-state index contributed by atoms with van der Waals surface area (Å²) in [5.74, 6) is 0.0193. The van der Waals surface area contributed by atoms with Crippen LogP contribution in [0.1, 0.15) is 84.6 Å². The second kappa shape index (κ2) is 11.4. The first-order valence-corrected chi connectivity index (χ1v) is 13.0. The SMILES string of the molecule is COC(c1ccc(C(F)(F)F)cc1CN1C(=O)OC(c2cc(C(F)(F)F)cc(C(F)(F)F)c2)C1C)C1CCCCC1. The number of hydrogen-bond acceptors (Lipinski definition) is 3. The maximum atomic E-state index is 13.6. The van der Waals surface area contributed by atoms with Crippen LogP contribution in [-0.2, 0) is 34.5 Å². The Hall–Kier alpha value is -2.96. The van der Waals surface area contributed by atoms with Gasteiger partial charge in [-0.1, -0.05) is 25.3 Å². The van der Waals surface area contributed by atoms with E-state index in [0.29, 0.717) is 17.7 Å². The first-order chi connectivity index (χ1) is 19.0. The number of carbonyl (C=O) groups excluding carboxylic acids is 1. The van der Waals surface area contributed by atoms with E-state index in [0.717, 1.165) is 49.1 Å². The van der Waals surface area contributed by atoms with Crippen molar-refractivity contribution in [3.05, 3.63) is 69.8 Å². The molecule has 0 N–H and O–H groups in total. The van der Waals surface area contributed by atoms with E-state index in [-0.39, 0.29) is 17.5 Å². The number of methoxy groups -OCH3 is 1. The highest BCUT2D eigenvalue weighted by Gasteiger charge is 2.44. The van der Waals surface area contributed by atoms with E-state index in [1.165, 1.54) is 20.1 Å². The number of hydrogen-bond donors (Lipinski definition) is 0. The van der Waals surface area contributed by atoms with Crippen LogP contribution in [0.15, 0.2) is 36.4 Å². The number of cyclic esters (lactones) is 1. The monoisotopic (exact) mass is 597 g/mol. The van der Waals surface area contributed by atoms with Gasteiger partial charge in [-0.3, -0.25) is 4.90 Å². The predicted molar refractivity (Wildman–Crippen MR) is 128 cm³/mol. The van der Waals surface area contributed by atoms with E-state index >= 15 is 0 Å². The van der Waals surface area contributed by atoms with E-state index in [9.17, 15) is 44.3 Å². The van der Waals surface area contributed by atoms with Crippen LogP contribution in [0.5, 0.6) is 0 Å². The number of halogens is 9. The van der Waals surface area contributed by atoms with Crippen molar-refractivity contribution in [2.75, 3.05) is 7.11 Å². The highest BCUT2D eigenvalue weighted by Crippen LogP contribution is 2.43. The molecular weight excluding hydrogens is 569 g/mol. The van der Waals surface area contributed by atoms with Gasteiger partial charge in [-0.05, 0) is 72.7 Å². The summed E-state index contributed by atoms with van der Waals surface area (Å²) >= 11 is 0. The van der Waals surface area contributed by atoms with Crippen LogP contribution in [0.3, 0.4) is 0 Å². The van der Waals surface area contributed by atoms with Crippen molar-refractivity contribution in [2.45, 2.75) is 82.4 Å². The molecule has 0 bridgehead atoms. The molecule has 1 aliphatic carbocycles. The molecule has 4 rings (SSSR count). The molecule has 0 spiro atoms. The normalized spacial score (nSPS) is 21.7. The van der Waals surface area contributed by atoms with Gasteiger partial charge in [-0.25, -0.2) is 4.79 Å². The lowest BCUT2D eigenvalue weighted by atomic mass is 9.81. The molecule has 0 aromatic heterocycles. The van der Waals surface area contributed by atoms with Gasteiger partial charge in [0.25, 0.3) is 0 Å². The van der Waals surface area contributed by atoms with Crippen molar-refractivity contribution in [3.63, 3.8) is 0 Å². The summed E-state index contributed by atoms with van der Waals surface area (Å²) in [4.78, 5) is 13.9. The van der Waals surface area contributed by atoms with Gasteiger partial charge in [-0.15, -0.1) is 0 Å². The van der Waals surface area contributed by atoms with E-state index in [1.807, 2.05) is 0 Å². The van der Waals surface area contributed by atoms with Crippen LogP contribution in [0.2, 0.25) is 0 Å². The summed E-state index contributed by atoms with van der Waals surface area (Å²) in [6, 6.07) is 2.93. The molecule has 226 valence electrons. The number of nitrogens with zero attached hydrogens (tertiary/aromatic N) is 1. The minimum Gasteiger partial charge on any atom is -0.439 e. The maximum Gasteiger partial charge on any atom is 0.416 e. The summed E-state index contributed by atoms with van der Waals surface area (Å²) < 4.78 is 132. The van der Waals surface area contributed by atoms with Gasteiger partial charge in [0.2, 0.25) is 0 Å². The fourth-order valence-electron chi connectivity index (χ4n) is 5.69. The Morgan fingerprint density at radius 1 is 0.854 bits per heavy atom. The Kier molecular flexibility index (Phi) is 8.60. The van der Waals surface area contributed by atoms with E-state index in [2.05, 4.69) is 0 Å². The molecule has 4 nitrogen and oxygen atoms in total. The molecule has 1 saturated heterocycles. The third kappa shape index (κ3) is 6.76. The molecule has 13 heteroatoms. The maximum absolute atomic E-state index is 13.6. The first-order valence-electron chi connectivity index (χ1n) is 13.0. The van der Waals surface area contributed by atoms with Crippen LogP contribution in [0.25, 0.3) is 0 Å². The summed E-state index contributed by atoms with van der Waals surface area (Å²) in [5, 5.41) is 0. The minimum absolute atomic E-state index is 0.0193. The third-order valence-corrected chi connectivity index (χ3v) is 7.78. The smallest absolute Gasteiger partial charge is 0.416 e. The molecule has 2 aromatic rings. The molecule has 2 aromatic carbocycles. The number of amides is 1. The molecule has 1 amide bonds. The molecule has 2 fully saturated rings. The molecule has 41 heavy (non-hydrogen) atoms. The number of rotatable bonds is 6. The predicted octanol–water partition coefficient (Wildman–Crippen LogP) is 9.09. The number of carbonyl (C=O) groups is 1. The largest absolute Gasteiger partial charge is 0.439 e. The van der Waals surface area contributed by atoms with Crippen LogP contribution in [0, 0.1) is 5.92 Å². The van der Waals surface area contributed by atoms with Gasteiger partial charge >= 0.3 is 24.6 Å². The zero-order chi connectivity index (χ0) is 30.3. The molecule has 3 atom stereocenters. The van der Waals surface area contributed by atoms with E-state index in [4.69, 9.17) is 9.47 Å².